The summed E-state index contributed by atoms with van der Waals surface area (Å²) >= 11 is 0. The number of hydrogen-bond donors (Lipinski definition) is 3. The van der Waals surface area contributed by atoms with Crippen molar-refractivity contribution in [3.05, 3.63) is 11.6 Å². The normalized spacial score (nSPS) is 17.1. The molecule has 0 saturated heterocycles. The van der Waals surface area contributed by atoms with Crippen molar-refractivity contribution in [1.82, 2.24) is 30.7 Å². The number of aryl methyl sites for hydroxylation is 1. The Morgan fingerprint density at radius 3 is 2.70 bits per heavy atom. The molecule has 1 aromatic heterocycles. The van der Waals surface area contributed by atoms with Crippen LogP contribution in [0, 0.1) is 5.41 Å². The van der Waals surface area contributed by atoms with Gasteiger partial charge in [-0.3, -0.25) is 9.79 Å². The average molecular weight is 491 g/mol. The molecule has 154 valence electrons. The van der Waals surface area contributed by atoms with Crippen LogP contribution in [-0.4, -0.2) is 52.8 Å². The third-order valence-corrected chi connectivity index (χ3v) is 4.55. The van der Waals surface area contributed by atoms with Crippen LogP contribution in [0.1, 0.15) is 58.6 Å². The van der Waals surface area contributed by atoms with Crippen molar-refractivity contribution in [1.29, 1.82) is 0 Å². The van der Waals surface area contributed by atoms with Crippen molar-refractivity contribution < 1.29 is 4.79 Å². The first kappa shape index (κ1) is 23.6. The lowest BCUT2D eigenvalue weighted by molar-refractivity contribution is -0.128. The molecule has 0 fully saturated rings. The predicted molar refractivity (Wildman–Crippen MR) is 119 cm³/mol. The maximum absolute atomic E-state index is 11.9. The van der Waals surface area contributed by atoms with Crippen molar-refractivity contribution in [2.24, 2.45) is 10.4 Å². The molecule has 1 amide bonds. The van der Waals surface area contributed by atoms with Crippen LogP contribution in [0.25, 0.3) is 0 Å². The number of carbonyl (C=O) groups excluding carboxylic acids is 1. The molecule has 0 aromatic carbocycles. The van der Waals surface area contributed by atoms with Gasteiger partial charge < -0.3 is 16.0 Å². The smallest absolute Gasteiger partial charge is 0.227 e. The van der Waals surface area contributed by atoms with E-state index in [1.54, 1.807) is 7.05 Å². The van der Waals surface area contributed by atoms with Gasteiger partial charge in [0, 0.05) is 32.0 Å². The van der Waals surface area contributed by atoms with Gasteiger partial charge in [0.25, 0.3) is 0 Å². The highest BCUT2D eigenvalue weighted by atomic mass is 127. The third-order valence-electron chi connectivity index (χ3n) is 4.55. The van der Waals surface area contributed by atoms with E-state index in [-0.39, 0.29) is 35.9 Å². The van der Waals surface area contributed by atoms with E-state index >= 15 is 0 Å². The highest BCUT2D eigenvalue weighted by Crippen LogP contribution is 2.18. The largest absolute Gasteiger partial charge is 0.359 e. The Balaban J connectivity index is 0.00000364. The minimum Gasteiger partial charge on any atom is -0.359 e. The van der Waals surface area contributed by atoms with E-state index in [1.807, 2.05) is 25.5 Å². The quantitative estimate of drug-likeness (QED) is 0.320. The van der Waals surface area contributed by atoms with Gasteiger partial charge in [-0.05, 0) is 27.2 Å². The van der Waals surface area contributed by atoms with Gasteiger partial charge in [0.05, 0.1) is 18.5 Å². The first-order valence-corrected chi connectivity index (χ1v) is 9.47. The average Bonchev–Trinajstić information content (AvgIpc) is 3.03. The summed E-state index contributed by atoms with van der Waals surface area (Å²) in [4.78, 5) is 21.2. The summed E-state index contributed by atoms with van der Waals surface area (Å²) in [6.45, 7) is 12.0. The predicted octanol–water partition coefficient (Wildman–Crippen LogP) is 1.66. The number of aromatic nitrogens is 3. The summed E-state index contributed by atoms with van der Waals surface area (Å²) in [6.07, 6.45) is 1.89. The van der Waals surface area contributed by atoms with Crippen molar-refractivity contribution >= 4 is 35.8 Å². The number of halogens is 1. The summed E-state index contributed by atoms with van der Waals surface area (Å²) in [6, 6.07) is 0.241. The Hall–Kier alpha value is -1.39. The molecular weight excluding hydrogens is 457 g/mol. The van der Waals surface area contributed by atoms with Crippen LogP contribution in [0.3, 0.4) is 0 Å². The third kappa shape index (κ3) is 6.32. The molecule has 2 heterocycles. The standard InChI is InChI=1S/C18H33N7O.HI/c1-7-20-17(21-11-18(4,5)16(26)19-6)22-13-8-9-14-23-15(12(2)3)24-25(14)10-13;/h12-13H,7-11H2,1-6H3,(H,19,26)(H2,20,21,22);1H. The molecule has 3 N–H and O–H groups in total. The number of amides is 1. The second-order valence-corrected chi connectivity index (χ2v) is 7.76. The first-order chi connectivity index (χ1) is 12.3. The highest BCUT2D eigenvalue weighted by molar-refractivity contribution is 14.0. The zero-order valence-corrected chi connectivity index (χ0v) is 19.6. The molecule has 0 saturated carbocycles. The molecule has 1 unspecified atom stereocenters. The van der Waals surface area contributed by atoms with E-state index in [1.165, 1.54) is 0 Å². The fourth-order valence-electron chi connectivity index (χ4n) is 2.89. The molecule has 9 heteroatoms. The van der Waals surface area contributed by atoms with Crippen LogP contribution in [0.15, 0.2) is 4.99 Å². The van der Waals surface area contributed by atoms with Gasteiger partial charge >= 0.3 is 0 Å². The lowest BCUT2D eigenvalue weighted by Gasteiger charge is -2.26. The first-order valence-electron chi connectivity index (χ1n) is 9.47. The van der Waals surface area contributed by atoms with Crippen LogP contribution in [0.5, 0.6) is 0 Å². The van der Waals surface area contributed by atoms with Crippen molar-refractivity contribution in [3.8, 4) is 0 Å². The van der Waals surface area contributed by atoms with Gasteiger partial charge in [-0.1, -0.05) is 13.8 Å². The number of fused-ring (bicyclic) bond motifs is 1. The van der Waals surface area contributed by atoms with Crippen LogP contribution >= 0.6 is 24.0 Å². The summed E-state index contributed by atoms with van der Waals surface area (Å²) in [7, 11) is 1.65. The zero-order valence-electron chi connectivity index (χ0n) is 17.3. The summed E-state index contributed by atoms with van der Waals surface area (Å²) < 4.78 is 2.01. The fourth-order valence-corrected chi connectivity index (χ4v) is 2.89. The fraction of sp³-hybridized carbons (Fsp3) is 0.778. The Morgan fingerprint density at radius 2 is 2.11 bits per heavy atom. The Labute approximate surface area is 179 Å². The van der Waals surface area contributed by atoms with E-state index in [2.05, 4.69) is 44.9 Å². The number of nitrogens with one attached hydrogen (secondary N) is 3. The number of aliphatic imine (C=N–C) groups is 1. The molecule has 0 bridgehead atoms. The van der Waals surface area contributed by atoms with Crippen LogP contribution in [0.4, 0.5) is 0 Å². The van der Waals surface area contributed by atoms with E-state index < -0.39 is 5.41 Å². The summed E-state index contributed by atoms with van der Waals surface area (Å²) in [5, 5.41) is 14.1. The Kier molecular flexibility index (Phi) is 8.97. The Bertz CT molecular complexity index is 654. The molecule has 1 aromatic rings. The minimum absolute atomic E-state index is 0. The number of rotatable bonds is 6. The molecule has 0 spiro atoms. The van der Waals surface area contributed by atoms with E-state index in [4.69, 9.17) is 0 Å². The van der Waals surface area contributed by atoms with E-state index in [9.17, 15) is 4.79 Å². The van der Waals surface area contributed by atoms with Gasteiger partial charge in [-0.2, -0.15) is 5.10 Å². The lowest BCUT2D eigenvalue weighted by Crippen LogP contribution is -2.48. The second-order valence-electron chi connectivity index (χ2n) is 7.76. The molecule has 0 radical (unpaired) electrons. The summed E-state index contributed by atoms with van der Waals surface area (Å²) in [5.41, 5.74) is -0.547. The molecule has 1 aliphatic rings. The molecule has 1 aliphatic heterocycles. The van der Waals surface area contributed by atoms with Gasteiger partial charge in [-0.15, -0.1) is 24.0 Å². The SMILES string of the molecule is CCNC(=NCC(C)(C)C(=O)NC)NC1CCc2nc(C(C)C)nn2C1.I. The van der Waals surface area contributed by atoms with Crippen LogP contribution in [-0.2, 0) is 17.8 Å². The molecule has 2 rings (SSSR count). The maximum Gasteiger partial charge on any atom is 0.227 e. The highest BCUT2D eigenvalue weighted by Gasteiger charge is 2.27. The van der Waals surface area contributed by atoms with Gasteiger partial charge in [0.1, 0.15) is 5.82 Å². The second kappa shape index (κ2) is 10.2. The maximum atomic E-state index is 11.9. The lowest BCUT2D eigenvalue weighted by atomic mass is 9.93. The van der Waals surface area contributed by atoms with Crippen LogP contribution < -0.4 is 16.0 Å². The molecule has 27 heavy (non-hydrogen) atoms. The molecule has 8 nitrogen and oxygen atoms in total. The molecular formula is C18H34IN7O. The Morgan fingerprint density at radius 1 is 1.41 bits per heavy atom. The van der Waals surface area contributed by atoms with Gasteiger partial charge in [0.15, 0.2) is 11.8 Å². The zero-order chi connectivity index (χ0) is 19.3. The van der Waals surface area contributed by atoms with E-state index in [0.717, 1.165) is 43.5 Å². The van der Waals surface area contributed by atoms with Crippen molar-refractivity contribution in [2.75, 3.05) is 20.1 Å². The van der Waals surface area contributed by atoms with E-state index in [0.29, 0.717) is 12.5 Å². The number of carbonyl (C=O) groups is 1. The monoisotopic (exact) mass is 491 g/mol. The van der Waals surface area contributed by atoms with Crippen molar-refractivity contribution in [3.63, 3.8) is 0 Å². The number of guanidine groups is 1. The van der Waals surface area contributed by atoms with Crippen molar-refractivity contribution in [2.45, 2.75) is 66.0 Å². The van der Waals surface area contributed by atoms with Crippen LogP contribution in [0.2, 0.25) is 0 Å². The molecule has 0 aliphatic carbocycles. The minimum atomic E-state index is -0.547. The number of nitrogens with zero attached hydrogens (tertiary/aromatic N) is 4. The molecule has 1 atom stereocenters. The van der Waals surface area contributed by atoms with Gasteiger partial charge in [-0.25, -0.2) is 9.67 Å². The number of hydrogen-bond acceptors (Lipinski definition) is 4. The van der Waals surface area contributed by atoms with Gasteiger partial charge in [0.2, 0.25) is 5.91 Å². The summed E-state index contributed by atoms with van der Waals surface area (Å²) in [5.74, 6) is 3.04. The topological polar surface area (TPSA) is 96.2 Å².